The number of aromatic nitrogens is 1. The molecule has 0 aromatic carbocycles. The molecule has 1 saturated carbocycles. The smallest absolute Gasteiger partial charge is 0.0579 e. The monoisotopic (exact) mass is 273 g/mol. The molecule has 1 fully saturated rings. The van der Waals surface area contributed by atoms with E-state index < -0.39 is 0 Å². The molecule has 0 atom stereocenters. The molecule has 0 saturated heterocycles. The molecule has 4 heteroatoms. The van der Waals surface area contributed by atoms with Gasteiger partial charge in [-0.3, -0.25) is 4.98 Å². The van der Waals surface area contributed by atoms with Crippen LogP contribution in [0, 0.1) is 0 Å². The van der Waals surface area contributed by atoms with Gasteiger partial charge in [0.15, 0.2) is 0 Å². The van der Waals surface area contributed by atoms with Crippen molar-refractivity contribution < 1.29 is 0 Å². The topological polar surface area (TPSA) is 28.2 Å². The van der Waals surface area contributed by atoms with Crippen molar-refractivity contribution in [3.63, 3.8) is 0 Å². The first kappa shape index (κ1) is 12.5. The molecule has 2 aromatic heterocycles. The lowest BCUT2D eigenvalue weighted by molar-refractivity contribution is 0.794. The highest BCUT2D eigenvalue weighted by Crippen LogP contribution is 2.33. The normalized spacial score (nSPS) is 14.4. The number of pyridine rings is 1. The van der Waals surface area contributed by atoms with Gasteiger partial charge < -0.3 is 10.2 Å². The van der Waals surface area contributed by atoms with Crippen LogP contribution >= 0.6 is 11.3 Å². The molecule has 0 aliphatic heterocycles. The Kier molecular flexibility index (Phi) is 3.69. The van der Waals surface area contributed by atoms with E-state index in [1.807, 2.05) is 12.4 Å². The van der Waals surface area contributed by atoms with Crippen molar-refractivity contribution in [3.8, 4) is 0 Å². The van der Waals surface area contributed by atoms with E-state index in [2.05, 4.69) is 45.0 Å². The molecule has 100 valence electrons. The highest BCUT2D eigenvalue weighted by molar-refractivity contribution is 7.07. The van der Waals surface area contributed by atoms with Crippen LogP contribution in [0.2, 0.25) is 0 Å². The minimum atomic E-state index is 0.693. The van der Waals surface area contributed by atoms with Crippen LogP contribution < -0.4 is 10.2 Å². The average Bonchev–Trinajstić information content (AvgIpc) is 3.14. The zero-order chi connectivity index (χ0) is 13.1. The van der Waals surface area contributed by atoms with Crippen molar-refractivity contribution in [1.82, 2.24) is 4.98 Å². The van der Waals surface area contributed by atoms with Gasteiger partial charge in [-0.2, -0.15) is 11.3 Å². The SMILES string of the molecule is CCNc1cncc(N(Cc2ccsc2)C2CC2)c1. The van der Waals surface area contributed by atoms with Crippen LogP contribution in [-0.4, -0.2) is 17.6 Å². The van der Waals surface area contributed by atoms with E-state index in [0.29, 0.717) is 6.04 Å². The first-order valence-corrected chi connectivity index (χ1v) is 7.77. The van der Waals surface area contributed by atoms with Crippen LogP contribution in [0.3, 0.4) is 0 Å². The van der Waals surface area contributed by atoms with E-state index >= 15 is 0 Å². The number of hydrogen-bond acceptors (Lipinski definition) is 4. The summed E-state index contributed by atoms with van der Waals surface area (Å²) in [5, 5.41) is 7.71. The highest BCUT2D eigenvalue weighted by Gasteiger charge is 2.29. The molecular formula is C15H19N3S. The molecule has 2 aromatic rings. The summed E-state index contributed by atoms with van der Waals surface area (Å²) in [5.74, 6) is 0. The van der Waals surface area contributed by atoms with Crippen molar-refractivity contribution in [2.45, 2.75) is 32.4 Å². The quantitative estimate of drug-likeness (QED) is 0.869. The van der Waals surface area contributed by atoms with Gasteiger partial charge in [-0.25, -0.2) is 0 Å². The number of rotatable bonds is 6. The predicted molar refractivity (Wildman–Crippen MR) is 81.9 cm³/mol. The van der Waals surface area contributed by atoms with E-state index in [-0.39, 0.29) is 0 Å². The van der Waals surface area contributed by atoms with Crippen LogP contribution in [0.5, 0.6) is 0 Å². The minimum Gasteiger partial charge on any atom is -0.384 e. The fourth-order valence-electron chi connectivity index (χ4n) is 2.28. The van der Waals surface area contributed by atoms with E-state index in [1.165, 1.54) is 24.1 Å². The third kappa shape index (κ3) is 3.07. The Morgan fingerprint density at radius 2 is 2.32 bits per heavy atom. The van der Waals surface area contributed by atoms with Gasteiger partial charge in [0.1, 0.15) is 0 Å². The van der Waals surface area contributed by atoms with Crippen LogP contribution in [0.1, 0.15) is 25.3 Å². The van der Waals surface area contributed by atoms with Gasteiger partial charge >= 0.3 is 0 Å². The Labute approximate surface area is 118 Å². The Balaban J connectivity index is 1.81. The molecule has 0 unspecified atom stereocenters. The van der Waals surface area contributed by atoms with Crippen molar-refractivity contribution in [3.05, 3.63) is 40.8 Å². The Hall–Kier alpha value is -1.55. The van der Waals surface area contributed by atoms with Crippen LogP contribution in [-0.2, 0) is 6.54 Å². The van der Waals surface area contributed by atoms with Crippen LogP contribution in [0.25, 0.3) is 0 Å². The Bertz CT molecular complexity index is 520. The molecular weight excluding hydrogens is 254 g/mol. The molecule has 1 aliphatic rings. The predicted octanol–water partition coefficient (Wildman–Crippen LogP) is 3.74. The van der Waals surface area contributed by atoms with E-state index in [9.17, 15) is 0 Å². The maximum atomic E-state index is 4.36. The summed E-state index contributed by atoms with van der Waals surface area (Å²) in [4.78, 5) is 6.84. The van der Waals surface area contributed by atoms with Gasteiger partial charge in [0, 0.05) is 19.1 Å². The van der Waals surface area contributed by atoms with Gasteiger partial charge in [-0.1, -0.05) is 0 Å². The fraction of sp³-hybridized carbons (Fsp3) is 0.400. The Morgan fingerprint density at radius 1 is 1.42 bits per heavy atom. The number of nitrogens with one attached hydrogen (secondary N) is 1. The first-order valence-electron chi connectivity index (χ1n) is 6.83. The lowest BCUT2D eigenvalue weighted by atomic mass is 10.2. The summed E-state index contributed by atoms with van der Waals surface area (Å²) in [7, 11) is 0. The molecule has 0 radical (unpaired) electrons. The molecule has 2 heterocycles. The zero-order valence-corrected chi connectivity index (χ0v) is 12.0. The number of nitrogens with zero attached hydrogens (tertiary/aromatic N) is 2. The number of anilines is 2. The third-order valence-electron chi connectivity index (χ3n) is 3.36. The van der Waals surface area contributed by atoms with E-state index in [1.54, 1.807) is 11.3 Å². The molecule has 1 N–H and O–H groups in total. The molecule has 0 spiro atoms. The summed E-state index contributed by atoms with van der Waals surface area (Å²) in [6.07, 6.45) is 6.47. The second-order valence-corrected chi connectivity index (χ2v) is 5.73. The van der Waals surface area contributed by atoms with Crippen molar-refractivity contribution in [2.75, 3.05) is 16.8 Å². The van der Waals surface area contributed by atoms with E-state index in [0.717, 1.165) is 18.8 Å². The fourth-order valence-corrected chi connectivity index (χ4v) is 2.94. The number of hydrogen-bond donors (Lipinski definition) is 1. The van der Waals surface area contributed by atoms with Gasteiger partial charge in [0.2, 0.25) is 0 Å². The zero-order valence-electron chi connectivity index (χ0n) is 11.2. The Morgan fingerprint density at radius 3 is 3.00 bits per heavy atom. The molecule has 0 amide bonds. The maximum Gasteiger partial charge on any atom is 0.0579 e. The summed E-state index contributed by atoms with van der Waals surface area (Å²) < 4.78 is 0. The minimum absolute atomic E-state index is 0.693. The summed E-state index contributed by atoms with van der Waals surface area (Å²) in [6, 6.07) is 5.11. The first-order chi connectivity index (χ1) is 9.36. The van der Waals surface area contributed by atoms with Crippen LogP contribution in [0.15, 0.2) is 35.3 Å². The largest absolute Gasteiger partial charge is 0.384 e. The van der Waals surface area contributed by atoms with Crippen molar-refractivity contribution >= 4 is 22.7 Å². The van der Waals surface area contributed by atoms with Crippen LogP contribution in [0.4, 0.5) is 11.4 Å². The second-order valence-electron chi connectivity index (χ2n) is 4.95. The molecule has 3 nitrogen and oxygen atoms in total. The number of thiophene rings is 1. The van der Waals surface area contributed by atoms with E-state index in [4.69, 9.17) is 0 Å². The summed E-state index contributed by atoms with van der Waals surface area (Å²) in [5.41, 5.74) is 3.73. The molecule has 3 rings (SSSR count). The maximum absolute atomic E-state index is 4.36. The summed E-state index contributed by atoms with van der Waals surface area (Å²) in [6.45, 7) is 4.03. The average molecular weight is 273 g/mol. The standard InChI is InChI=1S/C15H19N3S/c1-2-17-13-7-15(9-16-8-13)18(14-3-4-14)10-12-5-6-19-11-12/h5-9,11,14,17H,2-4,10H2,1H3. The van der Waals surface area contributed by atoms with Crippen molar-refractivity contribution in [2.24, 2.45) is 0 Å². The lowest BCUT2D eigenvalue weighted by Gasteiger charge is -2.24. The molecule has 19 heavy (non-hydrogen) atoms. The molecule has 0 bridgehead atoms. The van der Waals surface area contributed by atoms with Gasteiger partial charge in [-0.05, 0) is 48.2 Å². The van der Waals surface area contributed by atoms with Crippen molar-refractivity contribution in [1.29, 1.82) is 0 Å². The lowest BCUT2D eigenvalue weighted by Crippen LogP contribution is -2.25. The highest BCUT2D eigenvalue weighted by atomic mass is 32.1. The summed E-state index contributed by atoms with van der Waals surface area (Å²) >= 11 is 1.77. The van der Waals surface area contributed by atoms with Gasteiger partial charge in [0.25, 0.3) is 0 Å². The van der Waals surface area contributed by atoms with Gasteiger partial charge in [0.05, 0.1) is 23.8 Å². The van der Waals surface area contributed by atoms with Gasteiger partial charge in [-0.15, -0.1) is 0 Å². The molecule has 1 aliphatic carbocycles. The second kappa shape index (κ2) is 5.61. The third-order valence-corrected chi connectivity index (χ3v) is 4.09.